The molecule has 0 aromatic heterocycles. The summed E-state index contributed by atoms with van der Waals surface area (Å²) in [6.07, 6.45) is 0.312. The average Bonchev–Trinajstić information content (AvgIpc) is 2.99. The lowest BCUT2D eigenvalue weighted by molar-refractivity contribution is -0.135. The van der Waals surface area contributed by atoms with E-state index in [-0.39, 0.29) is 16.5 Å². The fraction of sp³-hybridized carbons (Fsp3) is 0.438. The summed E-state index contributed by atoms with van der Waals surface area (Å²) in [5.74, 6) is -1.37. The second kappa shape index (κ2) is 6.96. The van der Waals surface area contributed by atoms with Crippen LogP contribution in [-0.4, -0.2) is 55.3 Å². The van der Waals surface area contributed by atoms with E-state index in [4.69, 9.17) is 23.2 Å². The summed E-state index contributed by atoms with van der Waals surface area (Å²) in [4.78, 5) is 38.1. The number of hydrogen-bond donors (Lipinski definition) is 2. The SMILES string of the molecule is C[C@]1(c2ccc(Cl)cc2Cl)NC(=O)N(CC(=O)N[C@@H]2CCS(=O)(=O)C2)C1=O. The Morgan fingerprint density at radius 1 is 1.37 bits per heavy atom. The molecule has 1 aromatic carbocycles. The van der Waals surface area contributed by atoms with Gasteiger partial charge in [-0.1, -0.05) is 29.3 Å². The number of imide groups is 1. The van der Waals surface area contributed by atoms with Gasteiger partial charge >= 0.3 is 6.03 Å². The molecule has 0 spiro atoms. The molecule has 2 atom stereocenters. The number of nitrogens with zero attached hydrogens (tertiary/aromatic N) is 1. The molecule has 27 heavy (non-hydrogen) atoms. The van der Waals surface area contributed by atoms with Gasteiger partial charge in [0.15, 0.2) is 9.84 Å². The summed E-state index contributed by atoms with van der Waals surface area (Å²) in [6, 6.07) is 3.29. The number of hydrogen-bond acceptors (Lipinski definition) is 5. The van der Waals surface area contributed by atoms with E-state index in [1.165, 1.54) is 19.1 Å². The Hall–Kier alpha value is -1.84. The number of halogens is 2. The van der Waals surface area contributed by atoms with E-state index in [0.29, 0.717) is 17.0 Å². The van der Waals surface area contributed by atoms with Crippen LogP contribution in [0.2, 0.25) is 10.0 Å². The first-order chi connectivity index (χ1) is 12.5. The van der Waals surface area contributed by atoms with Crippen molar-refractivity contribution in [2.45, 2.75) is 24.9 Å². The van der Waals surface area contributed by atoms with Crippen molar-refractivity contribution in [1.82, 2.24) is 15.5 Å². The number of benzene rings is 1. The van der Waals surface area contributed by atoms with Crippen molar-refractivity contribution >= 4 is 50.9 Å². The molecular weight excluding hydrogens is 417 g/mol. The van der Waals surface area contributed by atoms with Gasteiger partial charge in [0.25, 0.3) is 5.91 Å². The molecule has 0 aliphatic carbocycles. The maximum atomic E-state index is 12.8. The van der Waals surface area contributed by atoms with Crippen LogP contribution in [0.1, 0.15) is 18.9 Å². The Kier molecular flexibility index (Phi) is 5.13. The smallest absolute Gasteiger partial charge is 0.325 e. The third kappa shape index (κ3) is 3.90. The van der Waals surface area contributed by atoms with Crippen LogP contribution in [0.5, 0.6) is 0 Å². The van der Waals surface area contributed by atoms with E-state index >= 15 is 0 Å². The Morgan fingerprint density at radius 2 is 2.07 bits per heavy atom. The molecular formula is C16H17Cl2N3O5S. The molecule has 8 nitrogen and oxygen atoms in total. The molecule has 2 heterocycles. The summed E-state index contributed by atoms with van der Waals surface area (Å²) in [5, 5.41) is 5.70. The number of urea groups is 1. The first-order valence-corrected chi connectivity index (χ1v) is 10.7. The Labute approximate surface area is 166 Å². The van der Waals surface area contributed by atoms with Gasteiger partial charge in [0.1, 0.15) is 12.1 Å². The topological polar surface area (TPSA) is 113 Å². The third-order valence-corrected chi connectivity index (χ3v) is 6.96. The molecule has 0 radical (unpaired) electrons. The Balaban J connectivity index is 1.73. The van der Waals surface area contributed by atoms with Gasteiger partial charge in [-0.3, -0.25) is 14.5 Å². The molecule has 4 amide bonds. The van der Waals surface area contributed by atoms with Gasteiger partial charge in [0.2, 0.25) is 5.91 Å². The number of sulfone groups is 1. The molecule has 1 aromatic rings. The zero-order chi connectivity index (χ0) is 20.0. The minimum absolute atomic E-state index is 0.00815. The molecule has 2 aliphatic rings. The van der Waals surface area contributed by atoms with Crippen LogP contribution in [0.3, 0.4) is 0 Å². The van der Waals surface area contributed by atoms with Crippen molar-refractivity contribution < 1.29 is 22.8 Å². The van der Waals surface area contributed by atoms with E-state index in [9.17, 15) is 22.8 Å². The van der Waals surface area contributed by atoms with Crippen LogP contribution in [0, 0.1) is 0 Å². The lowest BCUT2D eigenvalue weighted by Crippen LogP contribution is -2.45. The highest BCUT2D eigenvalue weighted by atomic mass is 35.5. The Bertz CT molecular complexity index is 936. The van der Waals surface area contributed by atoms with Crippen LogP contribution in [0.4, 0.5) is 4.79 Å². The van der Waals surface area contributed by atoms with Crippen LogP contribution in [-0.2, 0) is 25.0 Å². The summed E-state index contributed by atoms with van der Waals surface area (Å²) in [6.45, 7) is 0.978. The van der Waals surface area contributed by atoms with Gasteiger partial charge in [-0.05, 0) is 25.5 Å². The normalized spacial score (nSPS) is 26.9. The van der Waals surface area contributed by atoms with Gasteiger partial charge in [-0.15, -0.1) is 0 Å². The van der Waals surface area contributed by atoms with Gasteiger partial charge in [-0.2, -0.15) is 0 Å². The van der Waals surface area contributed by atoms with E-state index in [1.807, 2.05) is 0 Å². The first-order valence-electron chi connectivity index (χ1n) is 8.11. The average molecular weight is 434 g/mol. The van der Waals surface area contributed by atoms with Crippen molar-refractivity contribution in [2.24, 2.45) is 0 Å². The summed E-state index contributed by atoms with van der Waals surface area (Å²) in [7, 11) is -3.15. The zero-order valence-electron chi connectivity index (χ0n) is 14.3. The predicted octanol–water partition coefficient (Wildman–Crippen LogP) is 1.06. The first kappa shape index (κ1) is 19.9. The highest BCUT2D eigenvalue weighted by Gasteiger charge is 2.50. The largest absolute Gasteiger partial charge is 0.351 e. The van der Waals surface area contributed by atoms with Gasteiger partial charge in [-0.25, -0.2) is 13.2 Å². The number of rotatable bonds is 4. The van der Waals surface area contributed by atoms with E-state index in [0.717, 1.165) is 4.90 Å². The molecule has 11 heteroatoms. The fourth-order valence-electron chi connectivity index (χ4n) is 3.24. The van der Waals surface area contributed by atoms with Crippen LogP contribution in [0.15, 0.2) is 18.2 Å². The van der Waals surface area contributed by atoms with E-state index in [2.05, 4.69) is 10.6 Å². The molecule has 2 fully saturated rings. The number of nitrogens with one attached hydrogen (secondary N) is 2. The molecule has 0 unspecified atom stereocenters. The van der Waals surface area contributed by atoms with Crippen LogP contribution >= 0.6 is 23.2 Å². The molecule has 0 saturated carbocycles. The van der Waals surface area contributed by atoms with Crippen molar-refractivity contribution in [3.05, 3.63) is 33.8 Å². The maximum Gasteiger partial charge on any atom is 0.325 e. The molecule has 3 rings (SSSR count). The van der Waals surface area contributed by atoms with Crippen molar-refractivity contribution in [3.8, 4) is 0 Å². The molecule has 2 saturated heterocycles. The fourth-order valence-corrected chi connectivity index (χ4v) is 5.51. The van der Waals surface area contributed by atoms with Crippen molar-refractivity contribution in [2.75, 3.05) is 18.1 Å². The maximum absolute atomic E-state index is 12.8. The second-order valence-electron chi connectivity index (χ2n) is 6.74. The van der Waals surface area contributed by atoms with Crippen molar-refractivity contribution in [1.29, 1.82) is 0 Å². The van der Waals surface area contributed by atoms with Gasteiger partial charge < -0.3 is 10.6 Å². The highest BCUT2D eigenvalue weighted by molar-refractivity contribution is 7.91. The molecule has 0 bridgehead atoms. The molecule has 146 valence electrons. The summed E-state index contributed by atoms with van der Waals surface area (Å²) in [5.41, 5.74) is -1.08. The highest BCUT2D eigenvalue weighted by Crippen LogP contribution is 2.34. The predicted molar refractivity (Wildman–Crippen MR) is 99.3 cm³/mol. The summed E-state index contributed by atoms with van der Waals surface area (Å²) >= 11 is 12.0. The standard InChI is InChI=1S/C16H17Cl2N3O5S/c1-16(11-3-2-9(17)6-12(11)18)14(23)21(15(24)20-16)7-13(22)19-10-4-5-27(25,26)8-10/h2-3,6,10H,4-5,7-8H2,1H3,(H,19,22)(H,20,24)/t10-,16-/m1/s1. The lowest BCUT2D eigenvalue weighted by atomic mass is 9.92. The van der Waals surface area contributed by atoms with Crippen LogP contribution in [0.25, 0.3) is 0 Å². The second-order valence-corrected chi connectivity index (χ2v) is 9.81. The van der Waals surface area contributed by atoms with Gasteiger partial charge in [0, 0.05) is 21.7 Å². The van der Waals surface area contributed by atoms with Crippen LogP contribution < -0.4 is 10.6 Å². The van der Waals surface area contributed by atoms with Crippen molar-refractivity contribution in [3.63, 3.8) is 0 Å². The number of carbonyl (C=O) groups excluding carboxylic acids is 3. The minimum atomic E-state index is -3.15. The summed E-state index contributed by atoms with van der Waals surface area (Å²) < 4.78 is 22.9. The molecule has 2 N–H and O–H groups in total. The van der Waals surface area contributed by atoms with Gasteiger partial charge in [0.05, 0.1) is 11.5 Å². The third-order valence-electron chi connectivity index (χ3n) is 4.64. The monoisotopic (exact) mass is 433 g/mol. The quantitative estimate of drug-likeness (QED) is 0.689. The number of carbonyl (C=O) groups is 3. The zero-order valence-corrected chi connectivity index (χ0v) is 16.6. The van der Waals surface area contributed by atoms with E-state index in [1.54, 1.807) is 6.07 Å². The Morgan fingerprint density at radius 3 is 2.67 bits per heavy atom. The minimum Gasteiger partial charge on any atom is -0.351 e. The lowest BCUT2D eigenvalue weighted by Gasteiger charge is -2.23. The molecule has 2 aliphatic heterocycles. The number of amides is 4. The van der Waals surface area contributed by atoms with E-state index < -0.39 is 45.8 Å².